The fourth-order valence-corrected chi connectivity index (χ4v) is 12.4. The van der Waals surface area contributed by atoms with Crippen LogP contribution in [0.2, 0.25) is 0 Å². The molecule has 0 aliphatic carbocycles. The highest BCUT2D eigenvalue weighted by Crippen LogP contribution is 2.30. The van der Waals surface area contributed by atoms with E-state index >= 15 is 0 Å². The number of aliphatic hydroxyl groups excluding tert-OH is 8. The van der Waals surface area contributed by atoms with Crippen LogP contribution in [0.5, 0.6) is 0 Å². The van der Waals surface area contributed by atoms with E-state index in [1.807, 2.05) is 0 Å². The maximum absolute atomic E-state index is 13.3. The van der Waals surface area contributed by atoms with Crippen LogP contribution < -0.4 is 5.32 Å². The van der Waals surface area contributed by atoms with Gasteiger partial charge in [0.25, 0.3) is 0 Å². The fourth-order valence-electron chi connectivity index (χ4n) is 12.4. The van der Waals surface area contributed by atoms with Crippen molar-refractivity contribution in [2.24, 2.45) is 0 Å². The highest BCUT2D eigenvalue weighted by molar-refractivity contribution is 5.76. The van der Waals surface area contributed by atoms with Crippen LogP contribution in [-0.4, -0.2) is 140 Å². The van der Waals surface area contributed by atoms with Gasteiger partial charge in [-0.25, -0.2) is 0 Å². The van der Waals surface area contributed by atoms with Crippen molar-refractivity contribution < 1.29 is 64.6 Å². The Kier molecular flexibility index (Phi) is 51.8. The molecule has 0 aromatic heterocycles. The van der Waals surface area contributed by atoms with Gasteiger partial charge in [0.05, 0.1) is 32.0 Å². The molecule has 83 heavy (non-hydrogen) atoms. The Morgan fingerprint density at radius 2 is 0.687 bits per heavy atom. The summed E-state index contributed by atoms with van der Waals surface area (Å²) in [6, 6.07) is -0.822. The number of amides is 1. The van der Waals surface area contributed by atoms with Gasteiger partial charge in [-0.2, -0.15) is 0 Å². The van der Waals surface area contributed by atoms with E-state index in [9.17, 15) is 45.6 Å². The van der Waals surface area contributed by atoms with Crippen molar-refractivity contribution >= 4 is 5.91 Å². The van der Waals surface area contributed by atoms with Crippen LogP contribution in [0.15, 0.2) is 0 Å². The molecular formula is C69H135NO13. The number of carbonyl (C=O) groups is 1. The highest BCUT2D eigenvalue weighted by Gasteiger charge is 2.51. The van der Waals surface area contributed by atoms with Crippen molar-refractivity contribution in [2.45, 2.75) is 415 Å². The predicted molar refractivity (Wildman–Crippen MR) is 337 cm³/mol. The summed E-state index contributed by atoms with van der Waals surface area (Å²) >= 11 is 0. The van der Waals surface area contributed by atoms with Gasteiger partial charge in [0.15, 0.2) is 12.6 Å². The third-order valence-corrected chi connectivity index (χ3v) is 18.1. The van der Waals surface area contributed by atoms with E-state index in [1.165, 1.54) is 263 Å². The minimum Gasteiger partial charge on any atom is -0.394 e. The number of aliphatic hydroxyl groups is 8. The molecule has 2 aliphatic rings. The Morgan fingerprint density at radius 1 is 0.386 bits per heavy atom. The van der Waals surface area contributed by atoms with Gasteiger partial charge in [0.2, 0.25) is 5.91 Å². The van der Waals surface area contributed by atoms with Crippen LogP contribution in [0, 0.1) is 0 Å². The Bertz CT molecular complexity index is 1400. The van der Waals surface area contributed by atoms with Crippen molar-refractivity contribution in [1.29, 1.82) is 0 Å². The summed E-state index contributed by atoms with van der Waals surface area (Å²) in [6.45, 7) is 2.89. The van der Waals surface area contributed by atoms with Crippen LogP contribution in [0.1, 0.15) is 341 Å². The zero-order chi connectivity index (χ0) is 60.2. The summed E-state index contributed by atoms with van der Waals surface area (Å²) in [6.07, 6.45) is 48.9. The highest BCUT2D eigenvalue weighted by atomic mass is 16.7. The van der Waals surface area contributed by atoms with Crippen LogP contribution in [-0.2, 0) is 23.7 Å². The van der Waals surface area contributed by atoms with E-state index in [0.717, 1.165) is 51.4 Å². The lowest BCUT2D eigenvalue weighted by atomic mass is 9.97. The first-order valence-corrected chi connectivity index (χ1v) is 35.8. The second-order valence-electron chi connectivity index (χ2n) is 25.7. The predicted octanol–water partition coefficient (Wildman–Crippen LogP) is 14.4. The van der Waals surface area contributed by atoms with Crippen molar-refractivity contribution in [3.8, 4) is 0 Å². The van der Waals surface area contributed by atoms with Gasteiger partial charge in [-0.15, -0.1) is 0 Å². The second kappa shape index (κ2) is 55.1. The third kappa shape index (κ3) is 39.6. The zero-order valence-corrected chi connectivity index (χ0v) is 53.7. The van der Waals surface area contributed by atoms with Crippen LogP contribution in [0.3, 0.4) is 0 Å². The van der Waals surface area contributed by atoms with Gasteiger partial charge < -0.3 is 65.1 Å². The van der Waals surface area contributed by atoms with Crippen LogP contribution in [0.4, 0.5) is 0 Å². The Labute approximate surface area is 508 Å². The minimum atomic E-state index is -1.78. The van der Waals surface area contributed by atoms with E-state index in [2.05, 4.69) is 19.2 Å². The molecule has 9 N–H and O–H groups in total. The number of carbonyl (C=O) groups excluding carboxylic acids is 1. The first-order valence-electron chi connectivity index (χ1n) is 35.8. The summed E-state index contributed by atoms with van der Waals surface area (Å²) in [5.74, 6) is -0.200. The number of unbranched alkanes of at least 4 members (excludes halogenated alkanes) is 47. The molecule has 14 heteroatoms. The Morgan fingerprint density at radius 3 is 1.02 bits per heavy atom. The molecule has 0 saturated carbocycles. The monoisotopic (exact) mass is 1190 g/mol. The van der Waals surface area contributed by atoms with Gasteiger partial charge in [0.1, 0.15) is 48.8 Å². The molecule has 0 radical (unpaired) electrons. The molecule has 2 saturated heterocycles. The van der Waals surface area contributed by atoms with E-state index in [0.29, 0.717) is 12.8 Å². The topological polar surface area (TPSA) is 228 Å². The Balaban J connectivity index is 1.51. The summed E-state index contributed by atoms with van der Waals surface area (Å²) in [7, 11) is 0. The number of hydrogen-bond acceptors (Lipinski definition) is 13. The Hall–Kier alpha value is -1.01. The molecular weight excluding hydrogens is 1050 g/mol. The van der Waals surface area contributed by atoms with Gasteiger partial charge in [-0.1, -0.05) is 322 Å². The lowest BCUT2D eigenvalue weighted by Crippen LogP contribution is -2.65. The van der Waals surface area contributed by atoms with Gasteiger partial charge in [0, 0.05) is 6.42 Å². The maximum atomic E-state index is 13.3. The molecule has 2 aliphatic heterocycles. The van der Waals surface area contributed by atoms with Crippen LogP contribution in [0.25, 0.3) is 0 Å². The molecule has 2 fully saturated rings. The van der Waals surface area contributed by atoms with E-state index < -0.39 is 86.8 Å². The summed E-state index contributed by atoms with van der Waals surface area (Å²) in [5.41, 5.74) is 0. The third-order valence-electron chi connectivity index (χ3n) is 18.1. The average molecular weight is 1190 g/mol. The molecule has 0 aromatic rings. The van der Waals surface area contributed by atoms with Gasteiger partial charge >= 0.3 is 0 Å². The van der Waals surface area contributed by atoms with Gasteiger partial charge in [-0.3, -0.25) is 4.79 Å². The first-order chi connectivity index (χ1) is 40.6. The van der Waals surface area contributed by atoms with Gasteiger partial charge in [-0.05, 0) is 12.8 Å². The molecule has 14 nitrogen and oxygen atoms in total. The lowest BCUT2D eigenvalue weighted by Gasteiger charge is -2.46. The smallest absolute Gasteiger partial charge is 0.220 e. The largest absolute Gasteiger partial charge is 0.394 e. The molecule has 1 amide bonds. The number of rotatable bonds is 60. The molecule has 2 rings (SSSR count). The molecule has 494 valence electrons. The normalized spacial score (nSPS) is 23.7. The minimum absolute atomic E-state index is 0.200. The summed E-state index contributed by atoms with van der Waals surface area (Å²) in [4.78, 5) is 13.3. The molecule has 12 atom stereocenters. The standard InChI is InChI=1S/C69H135NO13/c1-3-5-7-9-11-13-15-16-17-18-19-20-21-22-23-24-25-26-27-28-29-30-31-32-33-34-35-36-37-38-39-40-41-43-45-47-49-51-53-61(74)70-57(58(73)52-50-48-46-44-42-14-12-10-8-6-4-2)56-80-68-66(79)64(77)67(60(55-72)82-68)83-69-65(78)63(76)62(75)59(54-71)81-69/h57-60,62-69,71-73,75-79H,3-56H2,1-2H3,(H,70,74). The van der Waals surface area contributed by atoms with E-state index in [4.69, 9.17) is 18.9 Å². The molecule has 0 spiro atoms. The molecule has 0 aromatic carbocycles. The van der Waals surface area contributed by atoms with E-state index in [-0.39, 0.29) is 12.5 Å². The first kappa shape index (κ1) is 78.1. The lowest BCUT2D eigenvalue weighted by molar-refractivity contribution is -0.359. The average Bonchev–Trinajstić information content (AvgIpc) is 3.60. The maximum Gasteiger partial charge on any atom is 0.220 e. The SMILES string of the molecule is CCCCCCCCCCCCCCCCCCCCCCCCCCCCCCCCCCCCCCCCC(=O)NC(COC1OC(CO)C(OC2OC(CO)C(O)C(O)C2O)C(O)C1O)C(O)CCCCCCCCCCCCC. The molecule has 2 heterocycles. The molecule has 12 unspecified atom stereocenters. The quantitative estimate of drug-likeness (QED) is 0.0259. The van der Waals surface area contributed by atoms with Crippen molar-refractivity contribution in [1.82, 2.24) is 5.32 Å². The van der Waals surface area contributed by atoms with Crippen LogP contribution >= 0.6 is 0 Å². The molecule has 0 bridgehead atoms. The van der Waals surface area contributed by atoms with Crippen molar-refractivity contribution in [3.05, 3.63) is 0 Å². The summed E-state index contributed by atoms with van der Waals surface area (Å²) < 4.78 is 22.8. The van der Waals surface area contributed by atoms with E-state index in [1.54, 1.807) is 0 Å². The number of hydrogen-bond donors (Lipinski definition) is 9. The summed E-state index contributed by atoms with van der Waals surface area (Å²) in [5, 5.41) is 87.3. The fraction of sp³-hybridized carbons (Fsp3) is 0.986. The van der Waals surface area contributed by atoms with Crippen molar-refractivity contribution in [2.75, 3.05) is 19.8 Å². The second-order valence-corrected chi connectivity index (χ2v) is 25.7. The van der Waals surface area contributed by atoms with Crippen molar-refractivity contribution in [3.63, 3.8) is 0 Å². The zero-order valence-electron chi connectivity index (χ0n) is 53.7. The number of nitrogens with one attached hydrogen (secondary N) is 1. The number of ether oxygens (including phenoxy) is 4.